The van der Waals surface area contributed by atoms with Gasteiger partial charge in [-0.3, -0.25) is 0 Å². The van der Waals surface area contributed by atoms with Gasteiger partial charge in [0.2, 0.25) is 0 Å². The summed E-state index contributed by atoms with van der Waals surface area (Å²) in [6, 6.07) is 5.46. The Hall–Kier alpha value is -1.26. The highest BCUT2D eigenvalue weighted by atomic mass is 16.5. The molecule has 4 nitrogen and oxygen atoms in total. The summed E-state index contributed by atoms with van der Waals surface area (Å²) in [5, 5.41) is 9.52. The monoisotopic (exact) mass is 254 g/mol. The molecule has 0 aliphatic rings. The standard InChI is InChI=1S/C14H22O4/c1-10(7-8-16-3)18-13-6-5-12(11(2)15)9-14(13)17-4/h5-6,9-11,15H,7-8H2,1-4H3/t10?,11-/m0/s1. The SMILES string of the molecule is COCCC(C)Oc1ccc([C@H](C)O)cc1OC. The molecule has 0 aliphatic heterocycles. The number of ether oxygens (including phenoxy) is 3. The maximum atomic E-state index is 9.52. The molecule has 0 bridgehead atoms. The van der Waals surface area contributed by atoms with Gasteiger partial charge in [-0.2, -0.15) is 0 Å². The van der Waals surface area contributed by atoms with Crippen LogP contribution in [0.4, 0.5) is 0 Å². The lowest BCUT2D eigenvalue weighted by Crippen LogP contribution is -2.14. The van der Waals surface area contributed by atoms with Gasteiger partial charge in [-0.05, 0) is 31.5 Å². The maximum absolute atomic E-state index is 9.52. The summed E-state index contributed by atoms with van der Waals surface area (Å²) >= 11 is 0. The Balaban J connectivity index is 2.76. The molecule has 2 atom stereocenters. The van der Waals surface area contributed by atoms with Crippen LogP contribution in [0.15, 0.2) is 18.2 Å². The number of methoxy groups -OCH3 is 2. The van der Waals surface area contributed by atoms with E-state index in [1.165, 1.54) is 0 Å². The number of benzene rings is 1. The zero-order valence-electron chi connectivity index (χ0n) is 11.5. The van der Waals surface area contributed by atoms with Gasteiger partial charge < -0.3 is 19.3 Å². The molecule has 18 heavy (non-hydrogen) atoms. The molecular formula is C14H22O4. The van der Waals surface area contributed by atoms with E-state index in [-0.39, 0.29) is 6.10 Å². The van der Waals surface area contributed by atoms with Crippen molar-refractivity contribution in [2.75, 3.05) is 20.8 Å². The summed E-state index contributed by atoms with van der Waals surface area (Å²) < 4.78 is 16.1. The van der Waals surface area contributed by atoms with Crippen molar-refractivity contribution in [3.05, 3.63) is 23.8 Å². The van der Waals surface area contributed by atoms with E-state index in [2.05, 4.69) is 0 Å². The van der Waals surface area contributed by atoms with Gasteiger partial charge in [-0.1, -0.05) is 6.07 Å². The molecule has 0 aliphatic carbocycles. The summed E-state index contributed by atoms with van der Waals surface area (Å²) in [7, 11) is 3.26. The highest BCUT2D eigenvalue weighted by Crippen LogP contribution is 2.31. The summed E-state index contributed by atoms with van der Waals surface area (Å²) in [6.07, 6.45) is 0.354. The van der Waals surface area contributed by atoms with Gasteiger partial charge in [0.05, 0.1) is 19.3 Å². The van der Waals surface area contributed by atoms with Gasteiger partial charge in [0.1, 0.15) is 0 Å². The molecule has 102 valence electrons. The van der Waals surface area contributed by atoms with Gasteiger partial charge in [0.15, 0.2) is 11.5 Å². The first-order valence-electron chi connectivity index (χ1n) is 6.10. The molecule has 1 aromatic rings. The fourth-order valence-corrected chi connectivity index (χ4v) is 1.60. The van der Waals surface area contributed by atoms with Gasteiger partial charge in [0, 0.05) is 20.1 Å². The largest absolute Gasteiger partial charge is 0.493 e. The second kappa shape index (κ2) is 7.24. The van der Waals surface area contributed by atoms with E-state index in [1.54, 1.807) is 27.2 Å². The molecule has 0 saturated heterocycles. The number of hydrogen-bond donors (Lipinski definition) is 1. The topological polar surface area (TPSA) is 47.9 Å². The van der Waals surface area contributed by atoms with Crippen LogP contribution in [0.25, 0.3) is 0 Å². The van der Waals surface area contributed by atoms with Crippen molar-refractivity contribution in [1.82, 2.24) is 0 Å². The fraction of sp³-hybridized carbons (Fsp3) is 0.571. The van der Waals surface area contributed by atoms with E-state index in [9.17, 15) is 5.11 Å². The summed E-state index contributed by atoms with van der Waals surface area (Å²) in [6.45, 7) is 4.37. The lowest BCUT2D eigenvalue weighted by molar-refractivity contribution is 0.132. The smallest absolute Gasteiger partial charge is 0.161 e. The van der Waals surface area contributed by atoms with Crippen molar-refractivity contribution in [2.24, 2.45) is 0 Å². The van der Waals surface area contributed by atoms with Crippen LogP contribution < -0.4 is 9.47 Å². The highest BCUT2D eigenvalue weighted by molar-refractivity contribution is 5.43. The average molecular weight is 254 g/mol. The molecule has 0 spiro atoms. The van der Waals surface area contributed by atoms with Gasteiger partial charge in [-0.15, -0.1) is 0 Å². The number of hydrogen-bond acceptors (Lipinski definition) is 4. The van der Waals surface area contributed by atoms with E-state index in [0.29, 0.717) is 18.1 Å². The molecule has 0 heterocycles. The minimum absolute atomic E-state index is 0.0521. The Kier molecular flexibility index (Phi) is 5.95. The van der Waals surface area contributed by atoms with E-state index in [4.69, 9.17) is 14.2 Å². The molecule has 0 radical (unpaired) electrons. The fourth-order valence-electron chi connectivity index (χ4n) is 1.60. The van der Waals surface area contributed by atoms with E-state index < -0.39 is 6.10 Å². The Labute approximate surface area is 108 Å². The van der Waals surface area contributed by atoms with Gasteiger partial charge >= 0.3 is 0 Å². The second-order valence-corrected chi connectivity index (χ2v) is 4.30. The molecule has 4 heteroatoms. The molecule has 0 amide bonds. The predicted molar refractivity (Wildman–Crippen MR) is 70.2 cm³/mol. The van der Waals surface area contributed by atoms with Gasteiger partial charge in [0.25, 0.3) is 0 Å². The third-order valence-electron chi connectivity index (χ3n) is 2.73. The minimum atomic E-state index is -0.515. The average Bonchev–Trinajstić information content (AvgIpc) is 2.36. The Morgan fingerprint density at radius 1 is 1.17 bits per heavy atom. The number of rotatable bonds is 7. The van der Waals surface area contributed by atoms with E-state index in [0.717, 1.165) is 12.0 Å². The minimum Gasteiger partial charge on any atom is -0.493 e. The molecule has 1 unspecified atom stereocenters. The predicted octanol–water partition coefficient (Wildman–Crippen LogP) is 2.55. The second-order valence-electron chi connectivity index (χ2n) is 4.30. The van der Waals surface area contributed by atoms with Gasteiger partial charge in [-0.25, -0.2) is 0 Å². The Morgan fingerprint density at radius 2 is 1.89 bits per heavy atom. The summed E-state index contributed by atoms with van der Waals surface area (Å²) in [4.78, 5) is 0. The zero-order valence-corrected chi connectivity index (χ0v) is 11.5. The third-order valence-corrected chi connectivity index (χ3v) is 2.73. The molecule has 1 aromatic carbocycles. The van der Waals surface area contributed by atoms with Crippen LogP contribution in [0, 0.1) is 0 Å². The number of aliphatic hydroxyl groups excluding tert-OH is 1. The first kappa shape index (κ1) is 14.8. The third kappa shape index (κ3) is 4.20. The highest BCUT2D eigenvalue weighted by Gasteiger charge is 2.11. The number of aliphatic hydroxyl groups is 1. The van der Waals surface area contributed by atoms with Crippen LogP contribution in [0.2, 0.25) is 0 Å². The molecule has 1 N–H and O–H groups in total. The lowest BCUT2D eigenvalue weighted by atomic mass is 10.1. The Morgan fingerprint density at radius 3 is 2.44 bits per heavy atom. The van der Waals surface area contributed by atoms with Crippen molar-refractivity contribution in [2.45, 2.75) is 32.5 Å². The van der Waals surface area contributed by atoms with Crippen molar-refractivity contribution >= 4 is 0 Å². The molecular weight excluding hydrogens is 232 g/mol. The van der Waals surface area contributed by atoms with Crippen LogP contribution in [-0.2, 0) is 4.74 Å². The van der Waals surface area contributed by atoms with Crippen LogP contribution in [0.3, 0.4) is 0 Å². The molecule has 0 saturated carbocycles. The van der Waals surface area contributed by atoms with E-state index in [1.807, 2.05) is 19.1 Å². The molecule has 0 aromatic heterocycles. The first-order valence-corrected chi connectivity index (χ1v) is 6.10. The quantitative estimate of drug-likeness (QED) is 0.812. The first-order chi connectivity index (χ1) is 8.58. The van der Waals surface area contributed by atoms with Crippen molar-refractivity contribution in [3.63, 3.8) is 0 Å². The Bertz CT molecular complexity index is 363. The summed E-state index contributed by atoms with van der Waals surface area (Å²) in [5.74, 6) is 1.32. The van der Waals surface area contributed by atoms with Crippen molar-refractivity contribution in [1.29, 1.82) is 0 Å². The van der Waals surface area contributed by atoms with Crippen LogP contribution >= 0.6 is 0 Å². The summed E-state index contributed by atoms with van der Waals surface area (Å²) in [5.41, 5.74) is 0.809. The lowest BCUT2D eigenvalue weighted by Gasteiger charge is -2.17. The van der Waals surface area contributed by atoms with Crippen LogP contribution in [0.1, 0.15) is 31.9 Å². The van der Waals surface area contributed by atoms with Crippen molar-refractivity contribution in [3.8, 4) is 11.5 Å². The molecule has 1 rings (SSSR count). The van der Waals surface area contributed by atoms with E-state index >= 15 is 0 Å². The maximum Gasteiger partial charge on any atom is 0.161 e. The van der Waals surface area contributed by atoms with Crippen LogP contribution in [0.5, 0.6) is 11.5 Å². The van der Waals surface area contributed by atoms with Crippen LogP contribution in [-0.4, -0.2) is 32.0 Å². The van der Waals surface area contributed by atoms with Crippen molar-refractivity contribution < 1.29 is 19.3 Å². The molecule has 0 fully saturated rings. The zero-order chi connectivity index (χ0) is 13.5. The normalized spacial score (nSPS) is 14.1.